The van der Waals surface area contributed by atoms with E-state index in [-0.39, 0.29) is 17.5 Å². The lowest BCUT2D eigenvalue weighted by atomic mass is 9.89. The lowest BCUT2D eigenvalue weighted by Crippen LogP contribution is -2.48. The maximum absolute atomic E-state index is 11.9. The average molecular weight is 302 g/mol. The number of rotatable bonds is 5. The van der Waals surface area contributed by atoms with Gasteiger partial charge in [0.1, 0.15) is 0 Å². The molecule has 1 aliphatic rings. The second-order valence-electron chi connectivity index (χ2n) is 6.68. The quantitative estimate of drug-likeness (QED) is 0.732. The van der Waals surface area contributed by atoms with Crippen molar-refractivity contribution in [2.45, 2.75) is 70.8 Å². The fourth-order valence-electron chi connectivity index (χ4n) is 2.40. The molecule has 0 radical (unpaired) electrons. The van der Waals surface area contributed by atoms with Crippen LogP contribution in [0.2, 0.25) is 0 Å². The van der Waals surface area contributed by atoms with E-state index in [9.17, 15) is 9.90 Å². The zero-order valence-electron chi connectivity index (χ0n) is 13.2. The Balaban J connectivity index is 2.28. The summed E-state index contributed by atoms with van der Waals surface area (Å²) in [6.45, 7) is 8.37. The van der Waals surface area contributed by atoms with Crippen LogP contribution in [0.4, 0.5) is 4.79 Å². The summed E-state index contributed by atoms with van der Waals surface area (Å²) >= 11 is 1.99. The first-order chi connectivity index (χ1) is 9.32. The molecule has 4 nitrogen and oxygen atoms in total. The number of aliphatic hydroxyl groups excluding tert-OH is 1. The molecule has 1 rings (SSSR count). The number of hydrogen-bond acceptors (Lipinski definition) is 3. The topological polar surface area (TPSA) is 61.4 Å². The predicted molar refractivity (Wildman–Crippen MR) is 86.2 cm³/mol. The molecule has 0 aliphatic heterocycles. The van der Waals surface area contributed by atoms with E-state index in [0.29, 0.717) is 11.8 Å². The van der Waals surface area contributed by atoms with Gasteiger partial charge in [-0.2, -0.15) is 11.8 Å². The molecule has 118 valence electrons. The lowest BCUT2D eigenvalue weighted by Gasteiger charge is -2.30. The largest absolute Gasteiger partial charge is 0.391 e. The Hall–Kier alpha value is -0.420. The molecule has 0 bridgehead atoms. The van der Waals surface area contributed by atoms with Gasteiger partial charge in [0.05, 0.1) is 6.10 Å². The fraction of sp³-hybridized carbons (Fsp3) is 0.933. The average Bonchev–Trinajstić information content (AvgIpc) is 2.35. The molecule has 1 fully saturated rings. The van der Waals surface area contributed by atoms with Crippen LogP contribution in [0.15, 0.2) is 0 Å². The molecule has 5 heteroatoms. The summed E-state index contributed by atoms with van der Waals surface area (Å²) < 4.78 is 0. The van der Waals surface area contributed by atoms with Crippen molar-refractivity contribution in [1.82, 2.24) is 10.6 Å². The van der Waals surface area contributed by atoms with E-state index in [1.165, 1.54) is 12.8 Å². The molecule has 20 heavy (non-hydrogen) atoms. The highest BCUT2D eigenvalue weighted by Crippen LogP contribution is 2.28. The van der Waals surface area contributed by atoms with Crippen LogP contribution in [0.25, 0.3) is 0 Å². The Kier molecular flexibility index (Phi) is 7.17. The van der Waals surface area contributed by atoms with Crippen molar-refractivity contribution in [3.8, 4) is 0 Å². The molecular weight excluding hydrogens is 272 g/mol. The van der Waals surface area contributed by atoms with E-state index in [0.717, 1.165) is 18.6 Å². The van der Waals surface area contributed by atoms with Gasteiger partial charge in [-0.05, 0) is 30.4 Å². The molecule has 3 N–H and O–H groups in total. The molecule has 1 aliphatic carbocycles. The van der Waals surface area contributed by atoms with E-state index in [1.807, 2.05) is 32.5 Å². The number of urea groups is 1. The SMILES string of the molecule is CCSC1CCCC(NC(=O)NCC(O)C(C)(C)C)C1. The Morgan fingerprint density at radius 1 is 1.40 bits per heavy atom. The van der Waals surface area contributed by atoms with E-state index < -0.39 is 6.10 Å². The van der Waals surface area contributed by atoms with Gasteiger partial charge in [-0.1, -0.05) is 34.1 Å². The van der Waals surface area contributed by atoms with Gasteiger partial charge < -0.3 is 15.7 Å². The minimum atomic E-state index is -0.525. The van der Waals surface area contributed by atoms with Gasteiger partial charge in [-0.15, -0.1) is 0 Å². The highest BCUT2D eigenvalue weighted by Gasteiger charge is 2.25. The van der Waals surface area contributed by atoms with Crippen LogP contribution in [0.5, 0.6) is 0 Å². The smallest absolute Gasteiger partial charge is 0.315 e. The normalized spacial score (nSPS) is 25.1. The molecule has 0 saturated heterocycles. The second kappa shape index (κ2) is 8.13. The first-order valence-electron chi connectivity index (χ1n) is 7.67. The lowest BCUT2D eigenvalue weighted by molar-refractivity contribution is 0.0648. The van der Waals surface area contributed by atoms with E-state index in [1.54, 1.807) is 0 Å². The van der Waals surface area contributed by atoms with Gasteiger partial charge in [-0.3, -0.25) is 0 Å². The van der Waals surface area contributed by atoms with Crippen molar-refractivity contribution in [3.63, 3.8) is 0 Å². The molecule has 0 aromatic carbocycles. The molecule has 0 aromatic rings. The fourth-order valence-corrected chi connectivity index (χ4v) is 3.57. The van der Waals surface area contributed by atoms with Gasteiger partial charge in [0, 0.05) is 17.8 Å². The number of carbonyl (C=O) groups excluding carboxylic acids is 1. The van der Waals surface area contributed by atoms with Crippen molar-refractivity contribution >= 4 is 17.8 Å². The molecule has 2 amide bonds. The second-order valence-corrected chi connectivity index (χ2v) is 8.25. The number of aliphatic hydroxyl groups is 1. The van der Waals surface area contributed by atoms with Crippen molar-refractivity contribution in [2.75, 3.05) is 12.3 Å². The zero-order valence-corrected chi connectivity index (χ0v) is 14.1. The summed E-state index contributed by atoms with van der Waals surface area (Å²) in [7, 11) is 0. The Morgan fingerprint density at radius 2 is 2.10 bits per heavy atom. The molecule has 3 atom stereocenters. The van der Waals surface area contributed by atoms with Crippen LogP contribution in [0, 0.1) is 5.41 Å². The first-order valence-corrected chi connectivity index (χ1v) is 8.71. The highest BCUT2D eigenvalue weighted by molar-refractivity contribution is 7.99. The predicted octanol–water partition coefficient (Wildman–Crippen LogP) is 2.76. The third kappa shape index (κ3) is 6.35. The van der Waals surface area contributed by atoms with Crippen LogP contribution in [-0.4, -0.2) is 40.8 Å². The van der Waals surface area contributed by atoms with E-state index in [4.69, 9.17) is 0 Å². The Labute approximate surface area is 127 Å². The van der Waals surface area contributed by atoms with E-state index >= 15 is 0 Å². The van der Waals surface area contributed by atoms with Crippen LogP contribution in [0.1, 0.15) is 53.4 Å². The summed E-state index contributed by atoms with van der Waals surface area (Å²) in [5.74, 6) is 1.14. The summed E-state index contributed by atoms with van der Waals surface area (Å²) in [6, 6.07) is 0.125. The molecule has 0 spiro atoms. The summed E-state index contributed by atoms with van der Waals surface area (Å²) in [6.07, 6.45) is 4.06. The Morgan fingerprint density at radius 3 is 2.70 bits per heavy atom. The van der Waals surface area contributed by atoms with Crippen molar-refractivity contribution < 1.29 is 9.90 Å². The van der Waals surface area contributed by atoms with Gasteiger partial charge in [0.2, 0.25) is 0 Å². The van der Waals surface area contributed by atoms with Gasteiger partial charge >= 0.3 is 6.03 Å². The molecular formula is C15H30N2O2S. The molecule has 0 aromatic heterocycles. The number of carbonyl (C=O) groups is 1. The summed E-state index contributed by atoms with van der Waals surface area (Å²) in [5, 5.41) is 16.4. The van der Waals surface area contributed by atoms with Gasteiger partial charge in [-0.25, -0.2) is 4.79 Å². The third-order valence-electron chi connectivity index (χ3n) is 3.82. The van der Waals surface area contributed by atoms with Crippen LogP contribution < -0.4 is 10.6 Å². The molecule has 3 unspecified atom stereocenters. The minimum absolute atomic E-state index is 0.152. The van der Waals surface area contributed by atoms with Crippen LogP contribution >= 0.6 is 11.8 Å². The zero-order chi connectivity index (χ0) is 15.2. The summed E-state index contributed by atoms with van der Waals surface area (Å²) in [4.78, 5) is 11.9. The van der Waals surface area contributed by atoms with Crippen molar-refractivity contribution in [3.05, 3.63) is 0 Å². The van der Waals surface area contributed by atoms with Crippen LogP contribution in [0.3, 0.4) is 0 Å². The van der Waals surface area contributed by atoms with E-state index in [2.05, 4.69) is 17.6 Å². The maximum atomic E-state index is 11.9. The van der Waals surface area contributed by atoms with Gasteiger partial charge in [0.25, 0.3) is 0 Å². The third-order valence-corrected chi connectivity index (χ3v) is 5.05. The number of amides is 2. The Bertz CT molecular complexity index is 303. The monoisotopic (exact) mass is 302 g/mol. The van der Waals surface area contributed by atoms with Crippen LogP contribution in [-0.2, 0) is 0 Å². The van der Waals surface area contributed by atoms with Crippen molar-refractivity contribution in [2.24, 2.45) is 5.41 Å². The number of nitrogens with one attached hydrogen (secondary N) is 2. The molecule has 1 saturated carbocycles. The maximum Gasteiger partial charge on any atom is 0.315 e. The number of hydrogen-bond donors (Lipinski definition) is 3. The standard InChI is InChI=1S/C15H30N2O2S/c1-5-20-12-8-6-7-11(9-12)17-14(19)16-10-13(18)15(2,3)4/h11-13,18H,5-10H2,1-4H3,(H2,16,17,19). The number of thioether (sulfide) groups is 1. The highest BCUT2D eigenvalue weighted by atomic mass is 32.2. The van der Waals surface area contributed by atoms with Gasteiger partial charge in [0.15, 0.2) is 0 Å². The summed E-state index contributed by atoms with van der Waals surface area (Å²) in [5.41, 5.74) is -0.207. The van der Waals surface area contributed by atoms with Crippen molar-refractivity contribution in [1.29, 1.82) is 0 Å². The molecule has 0 heterocycles. The first kappa shape index (κ1) is 17.6. The minimum Gasteiger partial charge on any atom is -0.391 e.